The van der Waals surface area contributed by atoms with Crippen LogP contribution in [0, 0.1) is 11.3 Å². The highest BCUT2D eigenvalue weighted by Gasteiger charge is 2.60. The van der Waals surface area contributed by atoms with Crippen molar-refractivity contribution >= 4 is 52.3 Å². The van der Waals surface area contributed by atoms with Crippen LogP contribution in [0.25, 0.3) is 16.8 Å². The average Bonchev–Trinajstić information content (AvgIpc) is 3.54. The molecular formula is C33H40ClN5O6. The van der Waals surface area contributed by atoms with E-state index in [1.54, 1.807) is 12.1 Å². The highest BCUT2D eigenvalue weighted by Crippen LogP contribution is 2.45. The van der Waals surface area contributed by atoms with Gasteiger partial charge in [-0.25, -0.2) is 9.78 Å². The molecule has 2 aromatic rings. The van der Waals surface area contributed by atoms with Crippen LogP contribution in [-0.4, -0.2) is 77.6 Å². The molecule has 0 radical (unpaired) electrons. The fraction of sp³-hybridized carbons (Fsp3) is 0.485. The molecule has 3 N–H and O–H groups in total. The topological polar surface area (TPSA) is 139 Å². The van der Waals surface area contributed by atoms with Crippen LogP contribution in [0.2, 0.25) is 5.15 Å². The highest BCUT2D eigenvalue weighted by atomic mass is 35.5. The van der Waals surface area contributed by atoms with Gasteiger partial charge >= 0.3 is 6.09 Å². The number of aromatic nitrogens is 1. The SMILES string of the molecule is C=C[C@@H]1C[C@]1(NC(=O)[C@@H]1C[C@H]2CN1C(=O)[C@H](C(C)(C)C)NC(=O)OCCCC=Cc1ccc3cc(Cl)nc(c3c1)O2)C(=O)NC. The normalized spacial score (nSPS) is 27.1. The lowest BCUT2D eigenvalue weighted by Gasteiger charge is -2.35. The predicted molar refractivity (Wildman–Crippen MR) is 171 cm³/mol. The predicted octanol–water partition coefficient (Wildman–Crippen LogP) is 3.99. The largest absolute Gasteiger partial charge is 0.472 e. The van der Waals surface area contributed by atoms with Gasteiger partial charge in [-0.1, -0.05) is 62.7 Å². The molecule has 11 nitrogen and oxygen atoms in total. The fourth-order valence-electron chi connectivity index (χ4n) is 6.05. The molecule has 1 aromatic heterocycles. The van der Waals surface area contributed by atoms with E-state index in [1.165, 1.54) is 11.9 Å². The van der Waals surface area contributed by atoms with Crippen LogP contribution < -0.4 is 20.7 Å². The molecule has 0 unspecified atom stereocenters. The maximum atomic E-state index is 14.3. The number of hydrogen-bond acceptors (Lipinski definition) is 7. The van der Waals surface area contributed by atoms with Crippen LogP contribution in [0.15, 0.2) is 43.0 Å². The van der Waals surface area contributed by atoms with E-state index in [-0.39, 0.29) is 42.4 Å². The van der Waals surface area contributed by atoms with E-state index in [1.807, 2.05) is 51.1 Å². The Balaban J connectivity index is 1.53. The lowest BCUT2D eigenvalue weighted by molar-refractivity contribution is -0.143. The van der Waals surface area contributed by atoms with Crippen LogP contribution >= 0.6 is 11.6 Å². The molecule has 4 amide bonds. The van der Waals surface area contributed by atoms with Crippen molar-refractivity contribution in [1.29, 1.82) is 0 Å². The first-order chi connectivity index (χ1) is 21.4. The second kappa shape index (κ2) is 12.7. The number of benzene rings is 1. The van der Waals surface area contributed by atoms with Gasteiger partial charge in [0.05, 0.1) is 13.2 Å². The van der Waals surface area contributed by atoms with E-state index in [2.05, 4.69) is 27.5 Å². The van der Waals surface area contributed by atoms with Crippen LogP contribution in [-0.2, 0) is 19.1 Å². The third-order valence-corrected chi connectivity index (χ3v) is 8.82. The van der Waals surface area contributed by atoms with Crippen LogP contribution in [0.4, 0.5) is 4.79 Å². The molecule has 1 saturated carbocycles. The van der Waals surface area contributed by atoms with E-state index in [9.17, 15) is 19.2 Å². The molecule has 12 heteroatoms. The van der Waals surface area contributed by atoms with Crippen molar-refractivity contribution in [2.24, 2.45) is 11.3 Å². The van der Waals surface area contributed by atoms with Gasteiger partial charge in [-0.05, 0) is 47.8 Å². The maximum Gasteiger partial charge on any atom is 0.407 e. The molecule has 0 spiro atoms. The summed E-state index contributed by atoms with van der Waals surface area (Å²) < 4.78 is 11.8. The van der Waals surface area contributed by atoms with Gasteiger partial charge in [0, 0.05) is 24.8 Å². The number of amides is 4. The number of pyridine rings is 1. The highest BCUT2D eigenvalue weighted by molar-refractivity contribution is 6.30. The Morgan fingerprint density at radius 2 is 2.02 bits per heavy atom. The summed E-state index contributed by atoms with van der Waals surface area (Å²) in [6, 6.07) is 5.58. The number of nitrogens with zero attached hydrogens (tertiary/aromatic N) is 2. The number of rotatable bonds is 4. The Kier molecular flexibility index (Phi) is 9.11. The van der Waals surface area contributed by atoms with Gasteiger partial charge in [0.25, 0.3) is 0 Å². The molecular weight excluding hydrogens is 598 g/mol. The van der Waals surface area contributed by atoms with Gasteiger partial charge in [0.15, 0.2) is 0 Å². The average molecular weight is 638 g/mol. The minimum atomic E-state index is -1.15. The first-order valence-electron chi connectivity index (χ1n) is 15.2. The Morgan fingerprint density at radius 3 is 2.71 bits per heavy atom. The smallest absolute Gasteiger partial charge is 0.407 e. The molecule has 240 valence electrons. The maximum absolute atomic E-state index is 14.3. The number of nitrogens with one attached hydrogen (secondary N) is 3. The molecule has 1 aliphatic carbocycles. The third-order valence-electron chi connectivity index (χ3n) is 8.63. The van der Waals surface area contributed by atoms with Crippen LogP contribution in [0.5, 0.6) is 5.88 Å². The van der Waals surface area contributed by atoms with E-state index in [0.717, 1.165) is 16.3 Å². The number of alkyl carbamates (subject to hydrolysis) is 1. The number of carbonyl (C=O) groups excluding carboxylic acids is 4. The third kappa shape index (κ3) is 6.78. The summed E-state index contributed by atoms with van der Waals surface area (Å²) in [6.45, 7) is 9.48. The standard InChI is InChI=1S/C33H40ClN5O6/c1-6-21-17-33(21,30(42)35-5)38-27(40)24-16-22-18-39(24)29(41)26(32(2,3)4)37-31(43)44-13-9-7-8-10-19-11-12-20-15-25(34)36-28(45-22)23(20)14-19/h6,8,10-12,14-15,21-22,24,26H,1,7,9,13,16-18H2,2-5H3,(H,35,42)(H,37,43)(H,38,40)/t21-,22+,24+,26-,33-/m1/s1. The van der Waals surface area contributed by atoms with Gasteiger partial charge in [-0.15, -0.1) is 6.58 Å². The zero-order valence-electron chi connectivity index (χ0n) is 26.0. The quantitative estimate of drug-likeness (QED) is 0.340. The molecule has 5 rings (SSSR count). The Bertz CT molecular complexity index is 1550. The van der Waals surface area contributed by atoms with Gasteiger partial charge in [-0.2, -0.15) is 0 Å². The summed E-state index contributed by atoms with van der Waals surface area (Å²) in [4.78, 5) is 59.8. The summed E-state index contributed by atoms with van der Waals surface area (Å²) in [5.41, 5.74) is -0.951. The van der Waals surface area contributed by atoms with Crippen molar-refractivity contribution in [2.45, 2.75) is 70.2 Å². The van der Waals surface area contributed by atoms with E-state index in [0.29, 0.717) is 19.3 Å². The number of carbonyl (C=O) groups is 4. The van der Waals surface area contributed by atoms with Crippen molar-refractivity contribution in [3.8, 4) is 5.88 Å². The summed E-state index contributed by atoms with van der Waals surface area (Å²) >= 11 is 6.37. The summed E-state index contributed by atoms with van der Waals surface area (Å²) in [5.74, 6) is -1.26. The zero-order chi connectivity index (χ0) is 32.5. The lowest BCUT2D eigenvalue weighted by Crippen LogP contribution is -2.59. The fourth-order valence-corrected chi connectivity index (χ4v) is 6.24. The van der Waals surface area contributed by atoms with Gasteiger partial charge in [-0.3, -0.25) is 14.4 Å². The van der Waals surface area contributed by atoms with Gasteiger partial charge < -0.3 is 30.3 Å². The Hall–Kier alpha value is -4.12. The van der Waals surface area contributed by atoms with E-state index < -0.39 is 47.0 Å². The summed E-state index contributed by atoms with van der Waals surface area (Å²) in [6.07, 6.45) is 6.03. The summed E-state index contributed by atoms with van der Waals surface area (Å²) in [5, 5.41) is 10.1. The minimum Gasteiger partial charge on any atom is -0.472 e. The van der Waals surface area contributed by atoms with Crippen molar-refractivity contribution in [3.05, 3.63) is 53.7 Å². The van der Waals surface area contributed by atoms with Crippen molar-refractivity contribution in [3.63, 3.8) is 0 Å². The molecule has 5 atom stereocenters. The second-order valence-corrected chi connectivity index (χ2v) is 13.3. The van der Waals surface area contributed by atoms with Gasteiger partial charge in [0.2, 0.25) is 23.6 Å². The molecule has 45 heavy (non-hydrogen) atoms. The molecule has 3 aliphatic rings. The first kappa shape index (κ1) is 32.3. The number of fused-ring (bicyclic) bond motifs is 3. The number of cyclic esters (lactones) is 1. The molecule has 4 bridgehead atoms. The number of likely N-dealkylation sites (N-methyl/N-ethyl adjacent to an activating group) is 1. The number of halogens is 1. The van der Waals surface area contributed by atoms with E-state index in [4.69, 9.17) is 21.1 Å². The lowest BCUT2D eigenvalue weighted by atomic mass is 9.85. The molecule has 2 fully saturated rings. The van der Waals surface area contributed by atoms with E-state index >= 15 is 0 Å². The molecule has 2 aliphatic heterocycles. The monoisotopic (exact) mass is 637 g/mol. The Labute approximate surface area is 267 Å². The van der Waals surface area contributed by atoms with Crippen LogP contribution in [0.1, 0.15) is 52.0 Å². The van der Waals surface area contributed by atoms with Crippen molar-refractivity contribution < 1.29 is 28.7 Å². The summed E-state index contributed by atoms with van der Waals surface area (Å²) in [7, 11) is 1.51. The Morgan fingerprint density at radius 1 is 1.24 bits per heavy atom. The molecule has 1 aromatic carbocycles. The van der Waals surface area contributed by atoms with Gasteiger partial charge in [0.1, 0.15) is 28.9 Å². The first-order valence-corrected chi connectivity index (χ1v) is 15.6. The number of ether oxygens (including phenoxy) is 2. The number of allylic oxidation sites excluding steroid dienone is 1. The molecule has 3 heterocycles. The zero-order valence-corrected chi connectivity index (χ0v) is 26.8. The molecule has 1 saturated heterocycles. The van der Waals surface area contributed by atoms with Crippen molar-refractivity contribution in [1.82, 2.24) is 25.8 Å². The minimum absolute atomic E-state index is 0.0351. The van der Waals surface area contributed by atoms with Crippen LogP contribution in [0.3, 0.4) is 0 Å². The number of hydrogen-bond donors (Lipinski definition) is 3. The van der Waals surface area contributed by atoms with Crippen molar-refractivity contribution in [2.75, 3.05) is 20.2 Å². The second-order valence-electron chi connectivity index (χ2n) is 12.9.